The molecule has 21 heteroatoms. The monoisotopic (exact) mass is 658 g/mol. The first-order valence-electron chi connectivity index (χ1n) is 14.7. The molecule has 3 fully saturated rings. The van der Waals surface area contributed by atoms with Crippen molar-refractivity contribution in [3.05, 3.63) is 0 Å². The van der Waals surface area contributed by atoms with Crippen LogP contribution in [0.3, 0.4) is 0 Å². The minimum absolute atomic E-state index is 0.0207. The van der Waals surface area contributed by atoms with Crippen LogP contribution in [0.15, 0.2) is 0 Å². The summed E-state index contributed by atoms with van der Waals surface area (Å²) in [6.45, 7) is -1.12. The Labute approximate surface area is 259 Å². The summed E-state index contributed by atoms with van der Waals surface area (Å²) >= 11 is 0. The van der Waals surface area contributed by atoms with Crippen LogP contribution in [-0.2, 0) is 18.9 Å². The SMILES string of the molecule is NCCN(O)C(=O)N[C@@H]1C[C@H](N)[C@@H](O[C@H]2O[C@H](CNCC(N)CO)[C@@H](O)[C@H](O)[C@H]2N)[C@H](O)[C@H]1O[C@H]1O[C@H](CO)[C@@H](O)[C@H](N)[C@H]1O. The number of carbonyl (C=O) groups excluding carboxylic acids is 1. The van der Waals surface area contributed by atoms with Gasteiger partial charge in [0.2, 0.25) is 0 Å². The maximum Gasteiger partial charge on any atom is 0.341 e. The van der Waals surface area contributed by atoms with Crippen molar-refractivity contribution >= 4 is 6.03 Å². The summed E-state index contributed by atoms with van der Waals surface area (Å²) in [5.41, 5.74) is 29.4. The average molecular weight is 659 g/mol. The Morgan fingerprint density at radius 3 is 2.16 bits per heavy atom. The van der Waals surface area contributed by atoms with Crippen LogP contribution in [0, 0.1) is 0 Å². The molecule has 2 saturated heterocycles. The van der Waals surface area contributed by atoms with Gasteiger partial charge < -0.3 is 94.0 Å². The van der Waals surface area contributed by atoms with Crippen LogP contribution >= 0.6 is 0 Å². The second kappa shape index (κ2) is 17.1. The van der Waals surface area contributed by atoms with E-state index in [9.17, 15) is 40.6 Å². The van der Waals surface area contributed by atoms with Gasteiger partial charge in [-0.2, -0.15) is 0 Å². The van der Waals surface area contributed by atoms with E-state index >= 15 is 0 Å². The number of ether oxygens (including phenoxy) is 4. The molecule has 1 saturated carbocycles. The maximum absolute atomic E-state index is 12.6. The molecule has 264 valence electrons. The van der Waals surface area contributed by atoms with Gasteiger partial charge in [0.05, 0.1) is 37.9 Å². The zero-order valence-electron chi connectivity index (χ0n) is 24.6. The van der Waals surface area contributed by atoms with E-state index in [0.717, 1.165) is 0 Å². The molecule has 0 aromatic heterocycles. The molecule has 0 bridgehead atoms. The molecule has 16 atom stereocenters. The minimum Gasteiger partial charge on any atom is -0.395 e. The van der Waals surface area contributed by atoms with Crippen LogP contribution < -0.4 is 39.3 Å². The number of amides is 2. The van der Waals surface area contributed by atoms with Crippen LogP contribution in [0.1, 0.15) is 6.42 Å². The molecule has 1 unspecified atom stereocenters. The highest BCUT2D eigenvalue weighted by Crippen LogP contribution is 2.31. The van der Waals surface area contributed by atoms with Crippen molar-refractivity contribution in [1.29, 1.82) is 0 Å². The molecular formula is C24H50N8O13. The molecule has 2 heterocycles. The lowest BCUT2D eigenvalue weighted by Gasteiger charge is -2.49. The normalized spacial score (nSPS) is 43.1. The van der Waals surface area contributed by atoms with Crippen molar-refractivity contribution in [1.82, 2.24) is 15.7 Å². The minimum atomic E-state index is -1.72. The number of aliphatic hydroxyl groups is 7. The number of nitrogens with two attached hydrogens (primary N) is 5. The highest BCUT2D eigenvalue weighted by molar-refractivity contribution is 5.73. The number of hydrogen-bond donors (Lipinski definition) is 15. The summed E-state index contributed by atoms with van der Waals surface area (Å²) in [6.07, 6.45) is -16.1. The fourth-order valence-corrected chi connectivity index (χ4v) is 5.45. The maximum atomic E-state index is 12.6. The number of urea groups is 1. The first kappa shape index (κ1) is 38.0. The van der Waals surface area contributed by atoms with Crippen molar-refractivity contribution in [2.45, 2.75) is 104 Å². The molecule has 2 aliphatic heterocycles. The molecule has 3 aliphatic rings. The third kappa shape index (κ3) is 9.13. The van der Waals surface area contributed by atoms with Gasteiger partial charge in [-0.15, -0.1) is 0 Å². The van der Waals surface area contributed by atoms with Gasteiger partial charge in [-0.3, -0.25) is 5.21 Å². The summed E-state index contributed by atoms with van der Waals surface area (Å²) < 4.78 is 23.2. The van der Waals surface area contributed by atoms with Gasteiger partial charge in [0.1, 0.15) is 54.9 Å². The number of aliphatic hydroxyl groups excluding tert-OH is 7. The standard InChI is InChI=1S/C24H50N8O13/c25-1-2-32(41)24(40)31-10-3-9(27)20(19(39)21(10)45-23-18(38)13(28)15(35)12(7-34)43-23)44-22-14(29)17(37)16(36)11(42-22)5-30-4-8(26)6-33/h8-23,30,33-39,41H,1-7,25-29H2,(H,31,40)/t8?,9-,10+,11+,12+,13-,14+,15+,16+,17+,18+,19-,20+,21-,22+,23+/m0/s1. The van der Waals surface area contributed by atoms with E-state index < -0.39 is 110 Å². The Hall–Kier alpha value is -1.45. The van der Waals surface area contributed by atoms with Crippen LogP contribution in [0.5, 0.6) is 0 Å². The predicted molar refractivity (Wildman–Crippen MR) is 151 cm³/mol. The Morgan fingerprint density at radius 2 is 1.53 bits per heavy atom. The van der Waals surface area contributed by atoms with Gasteiger partial charge in [0.25, 0.3) is 0 Å². The third-order valence-corrected chi connectivity index (χ3v) is 8.16. The average Bonchev–Trinajstić information content (AvgIpc) is 3.01. The fourth-order valence-electron chi connectivity index (χ4n) is 5.45. The zero-order valence-corrected chi connectivity index (χ0v) is 24.6. The summed E-state index contributed by atoms with van der Waals surface area (Å²) in [7, 11) is 0. The van der Waals surface area contributed by atoms with E-state index in [2.05, 4.69) is 10.6 Å². The molecule has 1 aliphatic carbocycles. The molecule has 0 aromatic rings. The van der Waals surface area contributed by atoms with E-state index in [1.165, 1.54) is 0 Å². The van der Waals surface area contributed by atoms with E-state index in [-0.39, 0.29) is 39.2 Å². The highest BCUT2D eigenvalue weighted by atomic mass is 16.7. The van der Waals surface area contributed by atoms with E-state index in [1.54, 1.807) is 0 Å². The Morgan fingerprint density at radius 1 is 0.889 bits per heavy atom. The smallest absolute Gasteiger partial charge is 0.341 e. The molecule has 20 N–H and O–H groups in total. The van der Waals surface area contributed by atoms with Crippen molar-refractivity contribution in [2.24, 2.45) is 28.7 Å². The summed E-state index contributed by atoms with van der Waals surface area (Å²) in [4.78, 5) is 12.6. The zero-order chi connectivity index (χ0) is 33.6. The van der Waals surface area contributed by atoms with Crippen LogP contribution in [0.4, 0.5) is 4.79 Å². The number of hydroxylamine groups is 2. The molecule has 0 spiro atoms. The number of hydrogen-bond acceptors (Lipinski definition) is 19. The summed E-state index contributed by atoms with van der Waals surface area (Å²) in [5, 5.41) is 87.9. The lowest BCUT2D eigenvalue weighted by molar-refractivity contribution is -0.319. The van der Waals surface area contributed by atoms with E-state index in [0.29, 0.717) is 5.06 Å². The van der Waals surface area contributed by atoms with Crippen molar-refractivity contribution in [3.8, 4) is 0 Å². The fraction of sp³-hybridized carbons (Fsp3) is 0.958. The van der Waals surface area contributed by atoms with E-state index in [1.807, 2.05) is 0 Å². The molecule has 21 nitrogen and oxygen atoms in total. The predicted octanol–water partition coefficient (Wildman–Crippen LogP) is -8.97. The van der Waals surface area contributed by atoms with E-state index in [4.69, 9.17) is 52.7 Å². The molecule has 45 heavy (non-hydrogen) atoms. The lowest BCUT2D eigenvalue weighted by Crippen LogP contribution is -2.70. The van der Waals surface area contributed by atoms with Crippen LogP contribution in [-0.4, -0.2) is 189 Å². The molecule has 0 radical (unpaired) electrons. The lowest BCUT2D eigenvalue weighted by atomic mass is 9.83. The third-order valence-electron chi connectivity index (χ3n) is 8.16. The quantitative estimate of drug-likeness (QED) is 0.0645. The second-order valence-electron chi connectivity index (χ2n) is 11.5. The molecular weight excluding hydrogens is 608 g/mol. The molecule has 0 aromatic carbocycles. The Balaban J connectivity index is 1.82. The van der Waals surface area contributed by atoms with Gasteiger partial charge in [0, 0.05) is 31.7 Å². The van der Waals surface area contributed by atoms with Crippen molar-refractivity contribution in [2.75, 3.05) is 39.4 Å². The second-order valence-corrected chi connectivity index (χ2v) is 11.5. The summed E-state index contributed by atoms with van der Waals surface area (Å²) in [6, 6.07) is -6.40. The van der Waals surface area contributed by atoms with Crippen LogP contribution in [0.25, 0.3) is 0 Å². The van der Waals surface area contributed by atoms with Gasteiger partial charge in [-0.25, -0.2) is 9.86 Å². The number of carbonyl (C=O) groups is 1. The largest absolute Gasteiger partial charge is 0.395 e. The van der Waals surface area contributed by atoms with Crippen molar-refractivity contribution in [3.63, 3.8) is 0 Å². The number of nitrogens with one attached hydrogen (secondary N) is 2. The van der Waals surface area contributed by atoms with Gasteiger partial charge in [-0.1, -0.05) is 0 Å². The number of nitrogens with zero attached hydrogens (tertiary/aromatic N) is 1. The van der Waals surface area contributed by atoms with Crippen molar-refractivity contribution < 1.29 is 64.7 Å². The Kier molecular flexibility index (Phi) is 14.4. The Bertz CT molecular complexity index is 917. The van der Waals surface area contributed by atoms with Gasteiger partial charge in [0.15, 0.2) is 12.6 Å². The topological polar surface area (TPSA) is 373 Å². The van der Waals surface area contributed by atoms with Crippen LogP contribution in [0.2, 0.25) is 0 Å². The summed E-state index contributed by atoms with van der Waals surface area (Å²) in [5.74, 6) is 0. The van der Waals surface area contributed by atoms with Gasteiger partial charge >= 0.3 is 6.03 Å². The van der Waals surface area contributed by atoms with Gasteiger partial charge in [-0.05, 0) is 6.42 Å². The first-order valence-corrected chi connectivity index (χ1v) is 14.7. The first-order chi connectivity index (χ1) is 21.2. The molecule has 3 rings (SSSR count). The number of rotatable bonds is 13. The molecule has 2 amide bonds. The highest BCUT2D eigenvalue weighted by Gasteiger charge is 2.52.